The number of fused-ring (bicyclic) bond motifs is 1. The largest absolute Gasteiger partial charge is 0.347 e. The molecule has 0 fully saturated rings. The summed E-state index contributed by atoms with van der Waals surface area (Å²) in [6.07, 6.45) is 3.36. The fourth-order valence-electron chi connectivity index (χ4n) is 3.07. The summed E-state index contributed by atoms with van der Waals surface area (Å²) in [4.78, 5) is 37.8. The Morgan fingerprint density at radius 1 is 1.11 bits per heavy atom. The number of nitrogens with one attached hydrogen (secondary N) is 3. The molecular weight excluding hydrogens is 362 g/mol. The van der Waals surface area contributed by atoms with Crippen molar-refractivity contribution in [1.82, 2.24) is 16.2 Å². The average molecular weight is 385 g/mol. The molecule has 0 radical (unpaired) electrons. The first-order valence-electron chi connectivity index (χ1n) is 9.02. The van der Waals surface area contributed by atoms with Crippen molar-refractivity contribution in [2.24, 2.45) is 5.92 Å². The standard InChI is InChI=1S/C20H23N3O3S/c1-13-7-8-16-15(9-13)11-17(27-16)20(26)23-22-19(25)12-21-18(24)10-14-5-3-2-4-6-14/h2-6,11,13H,7-10,12H2,1H3,(H,21,24)(H,22,25)(H,23,26). The number of hydrogen-bond acceptors (Lipinski definition) is 4. The molecule has 1 unspecified atom stereocenters. The van der Waals surface area contributed by atoms with Crippen LogP contribution in [0.25, 0.3) is 0 Å². The van der Waals surface area contributed by atoms with Crippen LogP contribution in [0, 0.1) is 5.92 Å². The van der Waals surface area contributed by atoms with Crippen molar-refractivity contribution in [2.45, 2.75) is 32.6 Å². The zero-order valence-corrected chi connectivity index (χ0v) is 16.0. The van der Waals surface area contributed by atoms with Crippen molar-refractivity contribution >= 4 is 29.1 Å². The van der Waals surface area contributed by atoms with Crippen molar-refractivity contribution in [1.29, 1.82) is 0 Å². The normalized spacial score (nSPS) is 15.5. The van der Waals surface area contributed by atoms with E-state index in [9.17, 15) is 14.4 Å². The van der Waals surface area contributed by atoms with Crippen LogP contribution in [0.1, 0.15) is 39.0 Å². The maximum atomic E-state index is 12.2. The van der Waals surface area contributed by atoms with Crippen molar-refractivity contribution < 1.29 is 14.4 Å². The van der Waals surface area contributed by atoms with Crippen LogP contribution in [-0.2, 0) is 28.9 Å². The number of carbonyl (C=O) groups excluding carboxylic acids is 3. The molecule has 3 amide bonds. The number of hydrogen-bond donors (Lipinski definition) is 3. The van der Waals surface area contributed by atoms with Crippen LogP contribution in [0.5, 0.6) is 0 Å². The Bertz CT molecular complexity index is 832. The molecule has 1 aliphatic carbocycles. The van der Waals surface area contributed by atoms with Gasteiger partial charge >= 0.3 is 0 Å². The molecule has 0 aliphatic heterocycles. The van der Waals surface area contributed by atoms with Crippen LogP contribution >= 0.6 is 11.3 Å². The first-order chi connectivity index (χ1) is 13.0. The summed E-state index contributed by atoms with van der Waals surface area (Å²) in [5.74, 6) is -0.407. The molecule has 27 heavy (non-hydrogen) atoms. The summed E-state index contributed by atoms with van der Waals surface area (Å²) < 4.78 is 0. The molecule has 3 N–H and O–H groups in total. The monoisotopic (exact) mass is 385 g/mol. The number of rotatable bonds is 5. The highest BCUT2D eigenvalue weighted by atomic mass is 32.1. The van der Waals surface area contributed by atoms with E-state index in [2.05, 4.69) is 23.1 Å². The summed E-state index contributed by atoms with van der Waals surface area (Å²) in [5, 5.41) is 2.54. The van der Waals surface area contributed by atoms with Gasteiger partial charge in [-0.15, -0.1) is 11.3 Å². The van der Waals surface area contributed by atoms with Crippen molar-refractivity contribution in [3.05, 3.63) is 57.3 Å². The van der Waals surface area contributed by atoms with E-state index in [-0.39, 0.29) is 24.8 Å². The molecule has 3 rings (SSSR count). The van der Waals surface area contributed by atoms with Gasteiger partial charge in [0, 0.05) is 4.88 Å². The smallest absolute Gasteiger partial charge is 0.279 e. The lowest BCUT2D eigenvalue weighted by Crippen LogP contribution is -2.46. The van der Waals surface area contributed by atoms with Gasteiger partial charge in [0.05, 0.1) is 17.8 Å². The maximum Gasteiger partial charge on any atom is 0.279 e. The Morgan fingerprint density at radius 3 is 2.67 bits per heavy atom. The molecule has 1 aromatic heterocycles. The number of hydrazine groups is 1. The van der Waals surface area contributed by atoms with Crippen molar-refractivity contribution in [3.63, 3.8) is 0 Å². The molecule has 0 saturated heterocycles. The predicted molar refractivity (Wildman–Crippen MR) is 104 cm³/mol. The summed E-state index contributed by atoms with van der Waals surface area (Å²) in [7, 11) is 0. The van der Waals surface area contributed by atoms with Gasteiger partial charge in [-0.25, -0.2) is 0 Å². The Hall–Kier alpha value is -2.67. The first kappa shape index (κ1) is 19.1. The second-order valence-corrected chi connectivity index (χ2v) is 7.99. The SMILES string of the molecule is CC1CCc2sc(C(=O)NNC(=O)CNC(=O)Cc3ccccc3)cc2C1. The zero-order valence-electron chi connectivity index (χ0n) is 15.2. The molecule has 1 heterocycles. The summed E-state index contributed by atoms with van der Waals surface area (Å²) in [6.45, 7) is 2.02. The van der Waals surface area contributed by atoms with E-state index < -0.39 is 5.91 Å². The molecule has 2 aromatic rings. The third-order valence-electron chi connectivity index (χ3n) is 4.52. The highest BCUT2D eigenvalue weighted by molar-refractivity contribution is 7.14. The quantitative estimate of drug-likeness (QED) is 0.688. The number of aryl methyl sites for hydroxylation is 1. The topological polar surface area (TPSA) is 87.3 Å². The van der Waals surface area contributed by atoms with Crippen molar-refractivity contribution in [3.8, 4) is 0 Å². The van der Waals surface area contributed by atoms with E-state index in [0.717, 1.165) is 24.8 Å². The summed E-state index contributed by atoms with van der Waals surface area (Å²) >= 11 is 1.48. The van der Waals surface area contributed by atoms with Gasteiger partial charge in [-0.05, 0) is 42.4 Å². The van der Waals surface area contributed by atoms with Gasteiger partial charge in [0.1, 0.15) is 0 Å². The minimum Gasteiger partial charge on any atom is -0.347 e. The molecule has 142 valence electrons. The Kier molecular flexibility index (Phi) is 6.24. The molecule has 7 heteroatoms. The van der Waals surface area contributed by atoms with Gasteiger partial charge in [0.2, 0.25) is 5.91 Å². The fourth-order valence-corrected chi connectivity index (χ4v) is 4.18. The van der Waals surface area contributed by atoms with E-state index in [1.54, 1.807) is 0 Å². The first-order valence-corrected chi connectivity index (χ1v) is 9.84. The minimum atomic E-state index is -0.472. The Morgan fingerprint density at radius 2 is 1.89 bits per heavy atom. The molecule has 1 atom stereocenters. The summed E-state index contributed by atoms with van der Waals surface area (Å²) in [6, 6.07) is 11.2. The van der Waals surface area contributed by atoms with E-state index in [1.165, 1.54) is 21.8 Å². The van der Waals surface area contributed by atoms with Crippen molar-refractivity contribution in [2.75, 3.05) is 6.54 Å². The molecule has 1 aromatic carbocycles. The van der Waals surface area contributed by atoms with Gasteiger partial charge < -0.3 is 5.32 Å². The summed E-state index contributed by atoms with van der Waals surface area (Å²) in [5.41, 5.74) is 6.87. The number of thiophene rings is 1. The van der Waals surface area contributed by atoms with Gasteiger partial charge in [-0.1, -0.05) is 37.3 Å². The molecule has 0 spiro atoms. The van der Waals surface area contributed by atoms with Gasteiger partial charge in [0.25, 0.3) is 11.8 Å². The number of amides is 3. The highest BCUT2D eigenvalue weighted by Gasteiger charge is 2.20. The van der Waals surface area contributed by atoms with Gasteiger partial charge in [-0.2, -0.15) is 0 Å². The maximum absolute atomic E-state index is 12.2. The van der Waals surface area contributed by atoms with Crippen LogP contribution in [-0.4, -0.2) is 24.3 Å². The number of carbonyl (C=O) groups is 3. The third-order valence-corrected chi connectivity index (χ3v) is 5.76. The lowest BCUT2D eigenvalue weighted by atomic mass is 9.90. The Balaban J connectivity index is 1.41. The minimum absolute atomic E-state index is 0.190. The van der Waals surface area contributed by atoms with Gasteiger partial charge in [-0.3, -0.25) is 25.2 Å². The van der Waals surface area contributed by atoms with Gasteiger partial charge in [0.15, 0.2) is 0 Å². The molecular formula is C20H23N3O3S. The highest BCUT2D eigenvalue weighted by Crippen LogP contribution is 2.32. The zero-order chi connectivity index (χ0) is 19.2. The molecule has 6 nitrogen and oxygen atoms in total. The third kappa shape index (κ3) is 5.40. The lowest BCUT2D eigenvalue weighted by molar-refractivity contribution is -0.126. The fraction of sp³-hybridized carbons (Fsp3) is 0.350. The van der Waals surface area contributed by atoms with Crippen LogP contribution in [0.4, 0.5) is 0 Å². The van der Waals surface area contributed by atoms with E-state index in [4.69, 9.17) is 0 Å². The van der Waals surface area contributed by atoms with E-state index in [0.29, 0.717) is 10.8 Å². The van der Waals surface area contributed by atoms with E-state index >= 15 is 0 Å². The lowest BCUT2D eigenvalue weighted by Gasteiger charge is -2.16. The second kappa shape index (κ2) is 8.81. The van der Waals surface area contributed by atoms with E-state index in [1.807, 2.05) is 36.4 Å². The predicted octanol–water partition coefficient (Wildman–Crippen LogP) is 1.99. The second-order valence-electron chi connectivity index (χ2n) is 6.85. The molecule has 0 saturated carbocycles. The van der Waals surface area contributed by atoms with Crippen LogP contribution in [0.15, 0.2) is 36.4 Å². The van der Waals surface area contributed by atoms with Crippen LogP contribution in [0.2, 0.25) is 0 Å². The molecule has 0 bridgehead atoms. The molecule has 1 aliphatic rings. The van der Waals surface area contributed by atoms with Crippen LogP contribution < -0.4 is 16.2 Å². The number of benzene rings is 1. The van der Waals surface area contributed by atoms with Crippen LogP contribution in [0.3, 0.4) is 0 Å². The Labute approximate surface area is 162 Å². The average Bonchev–Trinajstić information content (AvgIpc) is 3.08.